The zero-order valence-electron chi connectivity index (χ0n) is 9.61. The number of hydrogen-bond donors (Lipinski definition) is 1. The van der Waals surface area contributed by atoms with E-state index in [2.05, 4.69) is 5.16 Å². The zero-order valence-corrected chi connectivity index (χ0v) is 10.4. The molecule has 0 radical (unpaired) electrons. The molecular weight excluding hydrogens is 240 g/mol. The SMILES string of the molecule is CC(C)Oc1cccc(-c2onc(N)c2Cl)c1. The standard InChI is InChI=1S/C12H13ClN2O2/c1-7(2)16-9-5-3-4-8(6-9)11-10(13)12(14)15-17-11/h3-7H,1-2H3,(H2,14,15). The summed E-state index contributed by atoms with van der Waals surface area (Å²) in [5, 5.41) is 3.94. The summed E-state index contributed by atoms with van der Waals surface area (Å²) in [6.07, 6.45) is 0.112. The van der Waals surface area contributed by atoms with Crippen molar-refractivity contribution in [3.8, 4) is 17.1 Å². The molecule has 0 unspecified atom stereocenters. The number of ether oxygens (including phenoxy) is 1. The molecule has 5 heteroatoms. The van der Waals surface area contributed by atoms with Crippen molar-refractivity contribution >= 4 is 17.4 Å². The van der Waals surface area contributed by atoms with Gasteiger partial charge in [0.15, 0.2) is 11.6 Å². The lowest BCUT2D eigenvalue weighted by Gasteiger charge is -2.09. The van der Waals surface area contributed by atoms with Crippen LogP contribution in [-0.4, -0.2) is 11.3 Å². The molecule has 0 amide bonds. The van der Waals surface area contributed by atoms with Gasteiger partial charge in [0.25, 0.3) is 0 Å². The zero-order chi connectivity index (χ0) is 12.4. The summed E-state index contributed by atoms with van der Waals surface area (Å²) in [4.78, 5) is 0. The van der Waals surface area contributed by atoms with E-state index in [-0.39, 0.29) is 11.9 Å². The Morgan fingerprint density at radius 3 is 2.76 bits per heavy atom. The van der Waals surface area contributed by atoms with E-state index < -0.39 is 0 Å². The largest absolute Gasteiger partial charge is 0.491 e. The minimum Gasteiger partial charge on any atom is -0.491 e. The number of nitrogens with zero attached hydrogens (tertiary/aromatic N) is 1. The number of benzene rings is 1. The molecule has 17 heavy (non-hydrogen) atoms. The van der Waals surface area contributed by atoms with Gasteiger partial charge in [-0.25, -0.2) is 0 Å². The number of rotatable bonds is 3. The van der Waals surface area contributed by atoms with Crippen LogP contribution in [0.1, 0.15) is 13.8 Å². The first-order valence-corrected chi connectivity index (χ1v) is 5.63. The Morgan fingerprint density at radius 1 is 1.41 bits per heavy atom. The number of halogens is 1. The molecule has 0 spiro atoms. The number of anilines is 1. The molecule has 0 aliphatic carbocycles. The van der Waals surface area contributed by atoms with Crippen LogP contribution < -0.4 is 10.5 Å². The molecule has 0 fully saturated rings. The molecule has 4 nitrogen and oxygen atoms in total. The smallest absolute Gasteiger partial charge is 0.187 e. The molecule has 0 saturated carbocycles. The summed E-state index contributed by atoms with van der Waals surface area (Å²) < 4.78 is 10.7. The van der Waals surface area contributed by atoms with Crippen molar-refractivity contribution in [2.45, 2.75) is 20.0 Å². The average Bonchev–Trinajstić information content (AvgIpc) is 2.59. The van der Waals surface area contributed by atoms with E-state index in [1.165, 1.54) is 0 Å². The Kier molecular flexibility index (Phi) is 3.24. The third-order valence-electron chi connectivity index (χ3n) is 2.13. The van der Waals surface area contributed by atoms with Gasteiger partial charge in [0.1, 0.15) is 10.8 Å². The van der Waals surface area contributed by atoms with Gasteiger partial charge >= 0.3 is 0 Å². The molecule has 1 aromatic carbocycles. The van der Waals surface area contributed by atoms with Crippen LogP contribution >= 0.6 is 11.6 Å². The number of aromatic nitrogens is 1. The molecule has 2 rings (SSSR count). The van der Waals surface area contributed by atoms with Gasteiger partial charge in [-0.2, -0.15) is 0 Å². The van der Waals surface area contributed by atoms with Gasteiger partial charge in [-0.05, 0) is 26.0 Å². The molecule has 1 aromatic heterocycles. The van der Waals surface area contributed by atoms with E-state index in [0.717, 1.165) is 11.3 Å². The van der Waals surface area contributed by atoms with E-state index in [0.29, 0.717) is 10.8 Å². The maximum absolute atomic E-state index is 5.98. The predicted octanol–water partition coefficient (Wildman–Crippen LogP) is 3.36. The third-order valence-corrected chi connectivity index (χ3v) is 2.49. The normalized spacial score (nSPS) is 10.8. The van der Waals surface area contributed by atoms with E-state index in [9.17, 15) is 0 Å². The fourth-order valence-corrected chi connectivity index (χ4v) is 1.63. The minimum absolute atomic E-state index is 0.112. The monoisotopic (exact) mass is 252 g/mol. The second-order valence-corrected chi connectivity index (χ2v) is 4.28. The molecule has 2 aromatic rings. The Balaban J connectivity index is 2.36. The highest BCUT2D eigenvalue weighted by molar-refractivity contribution is 6.35. The summed E-state index contributed by atoms with van der Waals surface area (Å²) in [5.74, 6) is 1.40. The Bertz CT molecular complexity index is 523. The van der Waals surface area contributed by atoms with E-state index in [1.807, 2.05) is 38.1 Å². The Morgan fingerprint density at radius 2 is 2.18 bits per heavy atom. The summed E-state index contributed by atoms with van der Waals surface area (Å²) in [5.41, 5.74) is 6.32. The first-order chi connectivity index (χ1) is 8.08. The quantitative estimate of drug-likeness (QED) is 0.910. The summed E-state index contributed by atoms with van der Waals surface area (Å²) in [6, 6.07) is 7.43. The number of nitrogens with two attached hydrogens (primary N) is 1. The maximum atomic E-state index is 5.98. The number of hydrogen-bond acceptors (Lipinski definition) is 4. The average molecular weight is 253 g/mol. The molecule has 0 saturated heterocycles. The molecule has 0 aliphatic rings. The number of nitrogen functional groups attached to an aromatic ring is 1. The first-order valence-electron chi connectivity index (χ1n) is 5.25. The fourth-order valence-electron chi connectivity index (χ4n) is 1.45. The maximum Gasteiger partial charge on any atom is 0.187 e. The van der Waals surface area contributed by atoms with Crippen molar-refractivity contribution < 1.29 is 9.26 Å². The van der Waals surface area contributed by atoms with Crippen LogP contribution in [0.15, 0.2) is 28.8 Å². The molecule has 0 aliphatic heterocycles. The van der Waals surface area contributed by atoms with E-state index in [1.54, 1.807) is 0 Å². The second kappa shape index (κ2) is 4.67. The van der Waals surface area contributed by atoms with Gasteiger partial charge in [-0.1, -0.05) is 28.9 Å². The van der Waals surface area contributed by atoms with Gasteiger partial charge in [0.2, 0.25) is 0 Å². The van der Waals surface area contributed by atoms with Crippen LogP contribution in [0, 0.1) is 0 Å². The highest BCUT2D eigenvalue weighted by atomic mass is 35.5. The second-order valence-electron chi connectivity index (χ2n) is 3.91. The fraction of sp³-hybridized carbons (Fsp3) is 0.250. The van der Waals surface area contributed by atoms with Crippen LogP contribution in [0.3, 0.4) is 0 Å². The van der Waals surface area contributed by atoms with Gasteiger partial charge in [0.05, 0.1) is 6.10 Å². The van der Waals surface area contributed by atoms with Crippen LogP contribution in [0.5, 0.6) is 5.75 Å². The summed E-state index contributed by atoms with van der Waals surface area (Å²) in [6.45, 7) is 3.93. The van der Waals surface area contributed by atoms with Crippen molar-refractivity contribution in [3.05, 3.63) is 29.3 Å². The third kappa shape index (κ3) is 2.53. The van der Waals surface area contributed by atoms with Crippen LogP contribution in [0.25, 0.3) is 11.3 Å². The van der Waals surface area contributed by atoms with E-state index >= 15 is 0 Å². The van der Waals surface area contributed by atoms with Gasteiger partial charge in [0, 0.05) is 5.56 Å². The summed E-state index contributed by atoms with van der Waals surface area (Å²) in [7, 11) is 0. The van der Waals surface area contributed by atoms with Crippen molar-refractivity contribution in [2.75, 3.05) is 5.73 Å². The van der Waals surface area contributed by atoms with Crippen molar-refractivity contribution in [1.82, 2.24) is 5.16 Å². The van der Waals surface area contributed by atoms with Crippen LogP contribution in [-0.2, 0) is 0 Å². The minimum atomic E-state index is 0.112. The Labute approximate surface area is 104 Å². The summed E-state index contributed by atoms with van der Waals surface area (Å²) >= 11 is 5.98. The van der Waals surface area contributed by atoms with Crippen molar-refractivity contribution in [2.24, 2.45) is 0 Å². The molecule has 1 heterocycles. The highest BCUT2D eigenvalue weighted by Crippen LogP contribution is 2.33. The molecule has 0 bridgehead atoms. The lowest BCUT2D eigenvalue weighted by atomic mass is 10.1. The van der Waals surface area contributed by atoms with E-state index in [4.69, 9.17) is 26.6 Å². The van der Waals surface area contributed by atoms with Gasteiger partial charge in [-0.3, -0.25) is 0 Å². The predicted molar refractivity (Wildman–Crippen MR) is 67.1 cm³/mol. The molecule has 90 valence electrons. The van der Waals surface area contributed by atoms with Gasteiger partial charge < -0.3 is 15.0 Å². The Hall–Kier alpha value is -1.68. The van der Waals surface area contributed by atoms with Gasteiger partial charge in [-0.15, -0.1) is 0 Å². The molecule has 0 atom stereocenters. The van der Waals surface area contributed by atoms with Crippen molar-refractivity contribution in [3.63, 3.8) is 0 Å². The lowest BCUT2D eigenvalue weighted by molar-refractivity contribution is 0.242. The van der Waals surface area contributed by atoms with Crippen molar-refractivity contribution in [1.29, 1.82) is 0 Å². The molecular formula is C12H13ClN2O2. The lowest BCUT2D eigenvalue weighted by Crippen LogP contribution is -2.05. The van der Waals surface area contributed by atoms with Crippen LogP contribution in [0.2, 0.25) is 5.02 Å². The van der Waals surface area contributed by atoms with Crippen LogP contribution in [0.4, 0.5) is 5.82 Å². The topological polar surface area (TPSA) is 61.3 Å². The molecule has 2 N–H and O–H groups in total. The first kappa shape index (κ1) is 11.8. The highest BCUT2D eigenvalue weighted by Gasteiger charge is 2.14.